The molecular formula is C13H19N3O3S. The predicted molar refractivity (Wildman–Crippen MR) is 77.1 cm³/mol. The average molecular weight is 297 g/mol. The Morgan fingerprint density at radius 1 is 1.20 bits per heavy atom. The highest BCUT2D eigenvalue weighted by Crippen LogP contribution is 2.23. The van der Waals surface area contributed by atoms with Gasteiger partial charge < -0.3 is 10.0 Å². The Balaban J connectivity index is 2.92. The van der Waals surface area contributed by atoms with Gasteiger partial charge in [-0.05, 0) is 27.7 Å². The van der Waals surface area contributed by atoms with Crippen molar-refractivity contribution >= 4 is 23.6 Å². The standard InChI is InChI=1S/C13H19N3O3S/c1-5-16(6-2)10(17)7-20-12-11(13(18)19)8(3)14-9(4)15-12/h5-7H2,1-4H3,(H,18,19). The minimum absolute atomic E-state index is 0.0229. The molecule has 0 saturated heterocycles. The van der Waals surface area contributed by atoms with Crippen molar-refractivity contribution in [2.24, 2.45) is 0 Å². The number of carbonyl (C=O) groups is 2. The zero-order valence-electron chi connectivity index (χ0n) is 12.1. The second-order valence-corrected chi connectivity index (χ2v) is 5.16. The van der Waals surface area contributed by atoms with Gasteiger partial charge in [0.2, 0.25) is 5.91 Å². The Labute approximate surface area is 122 Å². The summed E-state index contributed by atoms with van der Waals surface area (Å²) >= 11 is 1.15. The third-order valence-electron chi connectivity index (χ3n) is 2.83. The molecule has 0 atom stereocenters. The highest BCUT2D eigenvalue weighted by Gasteiger charge is 2.19. The van der Waals surface area contributed by atoms with Gasteiger partial charge in [-0.25, -0.2) is 14.8 Å². The molecule has 110 valence electrons. The normalized spacial score (nSPS) is 10.4. The van der Waals surface area contributed by atoms with E-state index in [2.05, 4.69) is 9.97 Å². The fourth-order valence-electron chi connectivity index (χ4n) is 1.83. The van der Waals surface area contributed by atoms with Gasteiger partial charge in [0, 0.05) is 13.1 Å². The van der Waals surface area contributed by atoms with Crippen LogP contribution < -0.4 is 0 Å². The van der Waals surface area contributed by atoms with Crippen molar-refractivity contribution in [1.29, 1.82) is 0 Å². The van der Waals surface area contributed by atoms with Crippen molar-refractivity contribution in [3.8, 4) is 0 Å². The van der Waals surface area contributed by atoms with Crippen molar-refractivity contribution in [3.05, 3.63) is 17.1 Å². The number of nitrogens with zero attached hydrogens (tertiary/aromatic N) is 3. The summed E-state index contributed by atoms with van der Waals surface area (Å²) in [5.41, 5.74) is 0.496. The van der Waals surface area contributed by atoms with Crippen LogP contribution in [-0.4, -0.2) is 50.7 Å². The smallest absolute Gasteiger partial charge is 0.340 e. The summed E-state index contributed by atoms with van der Waals surface area (Å²) in [5, 5.41) is 9.57. The van der Waals surface area contributed by atoms with Crippen LogP contribution in [-0.2, 0) is 4.79 Å². The third kappa shape index (κ3) is 3.93. The first kappa shape index (κ1) is 16.4. The lowest BCUT2D eigenvalue weighted by atomic mass is 10.2. The van der Waals surface area contributed by atoms with Crippen LogP contribution in [0.3, 0.4) is 0 Å². The van der Waals surface area contributed by atoms with E-state index >= 15 is 0 Å². The molecule has 1 heterocycles. The average Bonchev–Trinajstić information content (AvgIpc) is 2.36. The second kappa shape index (κ2) is 7.23. The molecule has 1 amide bonds. The van der Waals surface area contributed by atoms with E-state index < -0.39 is 5.97 Å². The molecule has 0 aliphatic heterocycles. The highest BCUT2D eigenvalue weighted by atomic mass is 32.2. The fourth-order valence-corrected chi connectivity index (χ4v) is 2.85. The number of rotatable bonds is 6. The minimum Gasteiger partial charge on any atom is -0.478 e. The lowest BCUT2D eigenvalue weighted by Crippen LogP contribution is -2.32. The number of aryl methyl sites for hydroxylation is 2. The maximum absolute atomic E-state index is 11.9. The van der Waals surface area contributed by atoms with Crippen molar-refractivity contribution in [3.63, 3.8) is 0 Å². The number of amides is 1. The SMILES string of the molecule is CCN(CC)C(=O)CSc1nc(C)nc(C)c1C(=O)O. The molecule has 1 N–H and O–H groups in total. The lowest BCUT2D eigenvalue weighted by molar-refractivity contribution is -0.127. The van der Waals surface area contributed by atoms with Crippen LogP contribution in [0, 0.1) is 13.8 Å². The number of hydrogen-bond donors (Lipinski definition) is 1. The number of thioether (sulfide) groups is 1. The van der Waals surface area contributed by atoms with Gasteiger partial charge in [-0.1, -0.05) is 11.8 Å². The van der Waals surface area contributed by atoms with Crippen LogP contribution in [0.4, 0.5) is 0 Å². The molecule has 0 bridgehead atoms. The zero-order chi connectivity index (χ0) is 15.3. The van der Waals surface area contributed by atoms with Gasteiger partial charge in [0.15, 0.2) is 0 Å². The van der Waals surface area contributed by atoms with Gasteiger partial charge in [0.1, 0.15) is 16.4 Å². The number of carboxylic acid groups (broad SMARTS) is 1. The Hall–Kier alpha value is -1.63. The van der Waals surface area contributed by atoms with E-state index in [1.165, 1.54) is 0 Å². The predicted octanol–water partition coefficient (Wildman–Crippen LogP) is 1.75. The first-order valence-electron chi connectivity index (χ1n) is 6.39. The Bertz CT molecular complexity index is 516. The molecule has 0 radical (unpaired) electrons. The molecule has 20 heavy (non-hydrogen) atoms. The molecule has 0 spiro atoms. The lowest BCUT2D eigenvalue weighted by Gasteiger charge is -2.18. The van der Waals surface area contributed by atoms with E-state index in [1.807, 2.05) is 13.8 Å². The topological polar surface area (TPSA) is 83.4 Å². The molecular weight excluding hydrogens is 278 g/mol. The van der Waals surface area contributed by atoms with Crippen molar-refractivity contribution in [2.45, 2.75) is 32.7 Å². The van der Waals surface area contributed by atoms with Crippen LogP contribution in [0.2, 0.25) is 0 Å². The van der Waals surface area contributed by atoms with Crippen LogP contribution in [0.25, 0.3) is 0 Å². The van der Waals surface area contributed by atoms with Crippen molar-refractivity contribution in [1.82, 2.24) is 14.9 Å². The monoisotopic (exact) mass is 297 g/mol. The number of aromatic nitrogens is 2. The zero-order valence-corrected chi connectivity index (χ0v) is 13.0. The Kier molecular flexibility index (Phi) is 5.94. The minimum atomic E-state index is -1.07. The van der Waals surface area contributed by atoms with Gasteiger partial charge in [-0.3, -0.25) is 4.79 Å². The number of aromatic carboxylic acids is 1. The van der Waals surface area contributed by atoms with Crippen molar-refractivity contribution in [2.75, 3.05) is 18.8 Å². The van der Waals surface area contributed by atoms with Crippen molar-refractivity contribution < 1.29 is 14.7 Å². The largest absolute Gasteiger partial charge is 0.478 e. The van der Waals surface area contributed by atoms with Gasteiger partial charge in [0.25, 0.3) is 0 Å². The number of hydrogen-bond acceptors (Lipinski definition) is 5. The summed E-state index contributed by atoms with van der Waals surface area (Å²) in [4.78, 5) is 33.1. The fraction of sp³-hybridized carbons (Fsp3) is 0.538. The van der Waals surface area contributed by atoms with E-state index in [0.717, 1.165) is 11.8 Å². The maximum Gasteiger partial charge on any atom is 0.340 e. The van der Waals surface area contributed by atoms with Crippen LogP contribution in [0.1, 0.15) is 35.7 Å². The van der Waals surface area contributed by atoms with E-state index in [4.69, 9.17) is 0 Å². The summed E-state index contributed by atoms with van der Waals surface area (Å²) in [6, 6.07) is 0. The van der Waals surface area contributed by atoms with Crippen LogP contribution in [0.5, 0.6) is 0 Å². The highest BCUT2D eigenvalue weighted by molar-refractivity contribution is 8.00. The molecule has 1 rings (SSSR count). The van der Waals surface area contributed by atoms with Gasteiger partial charge in [0.05, 0.1) is 11.4 Å². The van der Waals surface area contributed by atoms with E-state index in [9.17, 15) is 14.7 Å². The third-order valence-corrected chi connectivity index (χ3v) is 3.79. The summed E-state index contributed by atoms with van der Waals surface area (Å²) in [7, 11) is 0. The maximum atomic E-state index is 11.9. The first-order chi connectivity index (χ1) is 9.40. The quantitative estimate of drug-likeness (QED) is 0.636. The van der Waals surface area contributed by atoms with Crippen LogP contribution >= 0.6 is 11.8 Å². The molecule has 0 saturated carbocycles. The molecule has 0 aromatic carbocycles. The first-order valence-corrected chi connectivity index (χ1v) is 7.38. The van der Waals surface area contributed by atoms with Gasteiger partial charge in [-0.15, -0.1) is 0 Å². The number of carboxylic acids is 1. The molecule has 0 unspecified atom stereocenters. The van der Waals surface area contributed by atoms with Gasteiger partial charge >= 0.3 is 5.97 Å². The van der Waals surface area contributed by atoms with Crippen LogP contribution in [0.15, 0.2) is 5.03 Å². The molecule has 7 heteroatoms. The van der Waals surface area contributed by atoms with E-state index in [1.54, 1.807) is 18.7 Å². The summed E-state index contributed by atoms with van der Waals surface area (Å²) in [6.07, 6.45) is 0. The second-order valence-electron chi connectivity index (χ2n) is 4.20. The summed E-state index contributed by atoms with van der Waals surface area (Å²) in [5.74, 6) is -0.409. The number of carbonyl (C=O) groups excluding carboxylic acids is 1. The molecule has 1 aromatic heterocycles. The van der Waals surface area contributed by atoms with E-state index in [0.29, 0.717) is 29.6 Å². The molecule has 6 nitrogen and oxygen atoms in total. The van der Waals surface area contributed by atoms with E-state index in [-0.39, 0.29) is 17.2 Å². The van der Waals surface area contributed by atoms with Gasteiger partial charge in [-0.2, -0.15) is 0 Å². The summed E-state index contributed by atoms with van der Waals surface area (Å²) < 4.78 is 0. The summed E-state index contributed by atoms with van der Waals surface area (Å²) in [6.45, 7) is 8.44. The Morgan fingerprint density at radius 3 is 2.30 bits per heavy atom. The molecule has 1 aromatic rings. The molecule has 0 aliphatic rings. The molecule has 0 fully saturated rings. The molecule has 0 aliphatic carbocycles. The Morgan fingerprint density at radius 2 is 1.80 bits per heavy atom.